The molecule has 1 N–H and O–H groups in total. The maximum Gasteiger partial charge on any atom is 0.173 e. The number of hydrogen-bond donors (Lipinski definition) is 1. The fourth-order valence-corrected chi connectivity index (χ4v) is 3.89. The molecule has 0 fully saturated rings. The molecule has 150 valence electrons. The van der Waals surface area contributed by atoms with E-state index in [9.17, 15) is 9.90 Å². The van der Waals surface area contributed by atoms with Crippen molar-refractivity contribution in [3.05, 3.63) is 95.3 Å². The average Bonchev–Trinajstić information content (AvgIpc) is 2.74. The third-order valence-corrected chi connectivity index (χ3v) is 5.49. The first-order valence-corrected chi connectivity index (χ1v) is 9.58. The summed E-state index contributed by atoms with van der Waals surface area (Å²) in [4.78, 5) is 12.9. The first-order chi connectivity index (χ1) is 13.7. The van der Waals surface area contributed by atoms with Crippen LogP contribution in [0.4, 0.5) is 0 Å². The quantitative estimate of drug-likeness (QED) is 0.572. The molecule has 2 unspecified atom stereocenters. The lowest BCUT2D eigenvalue weighted by atomic mass is 9.78. The lowest BCUT2D eigenvalue weighted by molar-refractivity contribution is -0.688. The van der Waals surface area contributed by atoms with Crippen LogP contribution in [-0.4, -0.2) is 18.0 Å². The van der Waals surface area contributed by atoms with E-state index < -0.39 is 12.0 Å². The molecule has 29 heavy (non-hydrogen) atoms. The zero-order valence-corrected chi connectivity index (χ0v) is 17.9. The van der Waals surface area contributed by atoms with Gasteiger partial charge in [-0.1, -0.05) is 30.3 Å². The second-order valence-corrected chi connectivity index (χ2v) is 7.27. The Morgan fingerprint density at radius 3 is 2.52 bits per heavy atom. The van der Waals surface area contributed by atoms with E-state index in [-0.39, 0.29) is 22.8 Å². The van der Waals surface area contributed by atoms with Crippen molar-refractivity contribution in [1.29, 1.82) is 0 Å². The van der Waals surface area contributed by atoms with Crippen LogP contribution in [0, 0.1) is 5.92 Å². The molecule has 0 bridgehead atoms. The molecule has 3 aromatic rings. The summed E-state index contributed by atoms with van der Waals surface area (Å²) in [6.07, 6.45) is 4.52. The lowest BCUT2D eigenvalue weighted by Gasteiger charge is -2.27. The minimum absolute atomic E-state index is 0. The van der Waals surface area contributed by atoms with E-state index in [0.717, 1.165) is 29.8 Å². The van der Waals surface area contributed by atoms with E-state index in [2.05, 4.69) is 16.7 Å². The molecule has 4 nitrogen and oxygen atoms in total. The molecule has 1 aliphatic rings. The number of aromatic nitrogens is 1. The van der Waals surface area contributed by atoms with Crippen molar-refractivity contribution < 1.29 is 36.2 Å². The number of ether oxygens (including phenoxy) is 1. The third kappa shape index (κ3) is 4.57. The van der Waals surface area contributed by atoms with Gasteiger partial charge in [0.2, 0.25) is 0 Å². The summed E-state index contributed by atoms with van der Waals surface area (Å²) in [5.41, 5.74) is 3.70. The molecule has 1 aliphatic carbocycles. The number of aryl methyl sites for hydroxylation is 1. The van der Waals surface area contributed by atoms with E-state index in [1.165, 1.54) is 5.56 Å². The molecule has 4 rings (SSSR count). The Balaban J connectivity index is 0.00000240. The largest absolute Gasteiger partial charge is 1.00 e. The van der Waals surface area contributed by atoms with Gasteiger partial charge >= 0.3 is 0 Å². The number of rotatable bonds is 5. The standard InChI is InChI=1S/C24H24NO3.BrH/c1-28-20-8-10-21-19(15-20)7-9-22(24(21)27)23(26)18-11-13-25(14-12-18)16-17-5-3-2-4-6-17;/h2-6,8,10-15,22-23,26H,7,9,16H2,1H3;1H/q+1;/p-1. The first kappa shape index (κ1) is 21.2. The molecule has 0 saturated heterocycles. The van der Waals surface area contributed by atoms with E-state index in [1.54, 1.807) is 13.2 Å². The van der Waals surface area contributed by atoms with Crippen LogP contribution in [0.1, 0.15) is 39.6 Å². The maximum atomic E-state index is 12.9. The predicted octanol–water partition coefficient (Wildman–Crippen LogP) is 0.514. The van der Waals surface area contributed by atoms with Crippen molar-refractivity contribution in [1.82, 2.24) is 0 Å². The highest BCUT2D eigenvalue weighted by atomic mass is 79.9. The molecular formula is C24H24BrNO3. The molecule has 0 saturated carbocycles. The molecule has 0 radical (unpaired) electrons. The van der Waals surface area contributed by atoms with E-state index in [1.807, 2.05) is 54.9 Å². The molecule has 0 amide bonds. The summed E-state index contributed by atoms with van der Waals surface area (Å²) in [5.74, 6) is 0.361. The van der Waals surface area contributed by atoms with Gasteiger partial charge in [0.1, 0.15) is 5.75 Å². The minimum Gasteiger partial charge on any atom is -1.00 e. The normalized spacial score (nSPS) is 16.5. The highest BCUT2D eigenvalue weighted by Gasteiger charge is 2.33. The zero-order valence-electron chi connectivity index (χ0n) is 16.3. The van der Waals surface area contributed by atoms with E-state index >= 15 is 0 Å². The van der Waals surface area contributed by atoms with Crippen molar-refractivity contribution in [2.24, 2.45) is 5.92 Å². The van der Waals surface area contributed by atoms with Gasteiger partial charge in [-0.3, -0.25) is 4.79 Å². The maximum absolute atomic E-state index is 12.9. The Morgan fingerprint density at radius 1 is 1.10 bits per heavy atom. The van der Waals surface area contributed by atoms with Crippen LogP contribution < -0.4 is 26.3 Å². The summed E-state index contributed by atoms with van der Waals surface area (Å²) >= 11 is 0. The SMILES string of the molecule is COc1ccc2c(c1)CCC(C(O)c1cc[n+](Cc3ccccc3)cc1)C2=O.[Br-]. The average molecular weight is 454 g/mol. The van der Waals surface area contributed by atoms with Gasteiger partial charge < -0.3 is 26.8 Å². The second-order valence-electron chi connectivity index (χ2n) is 7.27. The van der Waals surface area contributed by atoms with Crippen LogP contribution in [0.25, 0.3) is 0 Å². The van der Waals surface area contributed by atoms with Crippen molar-refractivity contribution in [2.75, 3.05) is 7.11 Å². The number of aliphatic hydroxyl groups excluding tert-OH is 1. The number of pyridine rings is 1. The Bertz CT molecular complexity index is 973. The Morgan fingerprint density at radius 2 is 1.83 bits per heavy atom. The van der Waals surface area contributed by atoms with E-state index in [0.29, 0.717) is 12.0 Å². The zero-order chi connectivity index (χ0) is 19.5. The number of aliphatic hydroxyl groups is 1. The van der Waals surface area contributed by atoms with Crippen molar-refractivity contribution >= 4 is 5.78 Å². The van der Waals surface area contributed by atoms with Crippen molar-refractivity contribution in [3.8, 4) is 5.75 Å². The van der Waals surface area contributed by atoms with Crippen LogP contribution in [-0.2, 0) is 13.0 Å². The number of carbonyl (C=O) groups excluding carboxylic acids is 1. The monoisotopic (exact) mass is 453 g/mol. The summed E-state index contributed by atoms with van der Waals surface area (Å²) in [7, 11) is 1.62. The number of benzene rings is 2. The Kier molecular flexibility index (Phi) is 6.83. The van der Waals surface area contributed by atoms with Gasteiger partial charge in [-0.2, -0.15) is 0 Å². The molecule has 2 aromatic carbocycles. The number of methoxy groups -OCH3 is 1. The molecular weight excluding hydrogens is 430 g/mol. The number of hydrogen-bond acceptors (Lipinski definition) is 3. The Hall–Kier alpha value is -2.50. The highest BCUT2D eigenvalue weighted by Crippen LogP contribution is 2.35. The smallest absolute Gasteiger partial charge is 0.173 e. The Labute approximate surface area is 181 Å². The third-order valence-electron chi connectivity index (χ3n) is 5.49. The summed E-state index contributed by atoms with van der Waals surface area (Å²) in [5, 5.41) is 10.9. The number of halogens is 1. The number of fused-ring (bicyclic) bond motifs is 1. The second kappa shape index (κ2) is 9.33. The van der Waals surface area contributed by atoms with Gasteiger partial charge in [-0.05, 0) is 42.2 Å². The van der Waals surface area contributed by atoms with Crippen LogP contribution in [0.2, 0.25) is 0 Å². The van der Waals surface area contributed by atoms with Gasteiger partial charge in [0, 0.05) is 23.3 Å². The highest BCUT2D eigenvalue weighted by molar-refractivity contribution is 6.00. The van der Waals surface area contributed by atoms with Crippen molar-refractivity contribution in [2.45, 2.75) is 25.5 Å². The number of carbonyl (C=O) groups is 1. The fourth-order valence-electron chi connectivity index (χ4n) is 3.89. The summed E-state index contributed by atoms with van der Waals surface area (Å²) < 4.78 is 7.32. The molecule has 0 aliphatic heterocycles. The van der Waals surface area contributed by atoms with Crippen LogP contribution >= 0.6 is 0 Å². The molecule has 1 aromatic heterocycles. The van der Waals surface area contributed by atoms with Crippen molar-refractivity contribution in [3.63, 3.8) is 0 Å². The van der Waals surface area contributed by atoms with Gasteiger partial charge in [0.05, 0.1) is 19.1 Å². The molecule has 0 spiro atoms. The lowest BCUT2D eigenvalue weighted by Crippen LogP contribution is -3.00. The fraction of sp³-hybridized carbons (Fsp3) is 0.250. The summed E-state index contributed by atoms with van der Waals surface area (Å²) in [6.45, 7) is 0.773. The van der Waals surface area contributed by atoms with Crippen LogP contribution in [0.5, 0.6) is 5.75 Å². The van der Waals surface area contributed by atoms with Gasteiger partial charge in [-0.25, -0.2) is 4.57 Å². The van der Waals surface area contributed by atoms with Gasteiger partial charge in [0.15, 0.2) is 24.7 Å². The van der Waals surface area contributed by atoms with Crippen LogP contribution in [0.15, 0.2) is 73.1 Å². The predicted molar refractivity (Wildman–Crippen MR) is 106 cm³/mol. The first-order valence-electron chi connectivity index (χ1n) is 9.58. The number of nitrogens with zero attached hydrogens (tertiary/aromatic N) is 1. The van der Waals surface area contributed by atoms with Gasteiger partial charge in [-0.15, -0.1) is 0 Å². The van der Waals surface area contributed by atoms with E-state index in [4.69, 9.17) is 4.74 Å². The van der Waals surface area contributed by atoms with Crippen LogP contribution in [0.3, 0.4) is 0 Å². The number of Topliss-reactive ketones (excluding diaryl/α,β-unsaturated/α-hetero) is 1. The minimum atomic E-state index is -0.797. The molecule has 2 atom stereocenters. The number of ketones is 1. The topological polar surface area (TPSA) is 50.4 Å². The molecule has 1 heterocycles. The molecule has 5 heteroatoms. The summed E-state index contributed by atoms with van der Waals surface area (Å²) in [6, 6.07) is 19.6. The van der Waals surface area contributed by atoms with Gasteiger partial charge in [0.25, 0.3) is 0 Å².